The van der Waals surface area contributed by atoms with Crippen LogP contribution in [0.25, 0.3) is 11.0 Å². The zero-order chi connectivity index (χ0) is 20.1. The fraction of sp³-hybridized carbons (Fsp3) is 0.500. The van der Waals surface area contributed by atoms with Gasteiger partial charge in [-0.25, -0.2) is 9.97 Å². The fourth-order valence-electron chi connectivity index (χ4n) is 5.07. The van der Waals surface area contributed by atoms with Crippen LogP contribution < -0.4 is 10.6 Å². The topological polar surface area (TPSA) is 93.1 Å². The van der Waals surface area contributed by atoms with Crippen molar-refractivity contribution in [3.8, 4) is 0 Å². The molecule has 0 amide bonds. The minimum atomic E-state index is -0.365. The van der Waals surface area contributed by atoms with Gasteiger partial charge in [-0.3, -0.25) is 0 Å². The number of nitrogens with zero attached hydrogens (tertiary/aromatic N) is 5. The summed E-state index contributed by atoms with van der Waals surface area (Å²) in [5, 5.41) is 11.0. The van der Waals surface area contributed by atoms with Gasteiger partial charge in [-0.1, -0.05) is 26.0 Å². The second-order valence-corrected chi connectivity index (χ2v) is 8.84. The highest BCUT2D eigenvalue weighted by atomic mass is 16.3. The third-order valence-corrected chi connectivity index (χ3v) is 6.61. The van der Waals surface area contributed by atoms with Gasteiger partial charge in [0.25, 0.3) is 0 Å². The van der Waals surface area contributed by atoms with Gasteiger partial charge in [-0.15, -0.1) is 0 Å². The lowest BCUT2D eigenvalue weighted by molar-refractivity contribution is 0.0375. The number of nitrogen functional groups attached to an aromatic ring is 1. The molecule has 0 spiro atoms. The maximum absolute atomic E-state index is 11.0. The lowest BCUT2D eigenvalue weighted by Crippen LogP contribution is -2.36. The predicted octanol–water partition coefficient (Wildman–Crippen LogP) is 2.98. The summed E-state index contributed by atoms with van der Waals surface area (Å²) in [4.78, 5) is 15.7. The molecule has 7 heteroatoms. The van der Waals surface area contributed by atoms with Gasteiger partial charge in [-0.2, -0.15) is 4.98 Å². The number of benzene rings is 1. The summed E-state index contributed by atoms with van der Waals surface area (Å²) in [6.45, 7) is 6.08. The van der Waals surface area contributed by atoms with Crippen LogP contribution in [-0.4, -0.2) is 43.8 Å². The number of fused-ring (bicyclic) bond motifs is 2. The molecule has 1 saturated carbocycles. The van der Waals surface area contributed by atoms with Gasteiger partial charge < -0.3 is 20.3 Å². The SMILES string of the molecule is CC(C)c1cc(N2C[C@H]3C[C@@H](n4cnc5ccccc54)[C@H](O)C[C@H]3C2)nc(N)n1. The predicted molar refractivity (Wildman–Crippen MR) is 114 cm³/mol. The van der Waals surface area contributed by atoms with E-state index in [4.69, 9.17) is 5.73 Å². The van der Waals surface area contributed by atoms with E-state index < -0.39 is 0 Å². The number of rotatable bonds is 3. The third-order valence-electron chi connectivity index (χ3n) is 6.61. The van der Waals surface area contributed by atoms with Gasteiger partial charge in [0, 0.05) is 19.2 Å². The Balaban J connectivity index is 1.39. The van der Waals surface area contributed by atoms with Crippen molar-refractivity contribution in [2.45, 2.75) is 44.8 Å². The van der Waals surface area contributed by atoms with Gasteiger partial charge in [0.2, 0.25) is 5.95 Å². The molecule has 4 atom stereocenters. The van der Waals surface area contributed by atoms with Gasteiger partial charge in [0.15, 0.2) is 0 Å². The summed E-state index contributed by atoms with van der Waals surface area (Å²) in [6.07, 6.45) is 3.26. The summed E-state index contributed by atoms with van der Waals surface area (Å²) in [7, 11) is 0. The Bertz CT molecular complexity index is 1030. The summed E-state index contributed by atoms with van der Waals surface area (Å²) in [5.41, 5.74) is 9.02. The van der Waals surface area contributed by atoms with E-state index in [0.717, 1.165) is 48.5 Å². The highest BCUT2D eigenvalue weighted by Crippen LogP contribution is 2.43. The number of para-hydroxylation sites is 2. The van der Waals surface area contributed by atoms with Gasteiger partial charge in [-0.05, 0) is 42.7 Å². The van der Waals surface area contributed by atoms with Crippen molar-refractivity contribution in [2.75, 3.05) is 23.7 Å². The largest absolute Gasteiger partial charge is 0.391 e. The molecule has 1 aliphatic heterocycles. The van der Waals surface area contributed by atoms with Crippen LogP contribution in [0, 0.1) is 11.8 Å². The number of nitrogens with two attached hydrogens (primary N) is 1. The molecule has 3 heterocycles. The van der Waals surface area contributed by atoms with E-state index in [2.05, 4.69) is 50.4 Å². The van der Waals surface area contributed by atoms with Crippen molar-refractivity contribution in [1.29, 1.82) is 0 Å². The molecule has 5 rings (SSSR count). The molecular formula is C22H28N6O. The first-order chi connectivity index (χ1) is 14.0. The lowest BCUT2D eigenvalue weighted by Gasteiger charge is -2.36. The van der Waals surface area contributed by atoms with Crippen LogP contribution in [0.5, 0.6) is 0 Å². The number of hydrogen-bond acceptors (Lipinski definition) is 6. The molecule has 29 heavy (non-hydrogen) atoms. The van der Waals surface area contributed by atoms with Gasteiger partial charge >= 0.3 is 0 Å². The fourth-order valence-corrected chi connectivity index (χ4v) is 5.07. The normalized spacial score (nSPS) is 27.0. The monoisotopic (exact) mass is 392 g/mol. The second kappa shape index (κ2) is 6.99. The smallest absolute Gasteiger partial charge is 0.222 e. The molecule has 1 saturated heterocycles. The third kappa shape index (κ3) is 3.23. The lowest BCUT2D eigenvalue weighted by atomic mass is 9.77. The van der Waals surface area contributed by atoms with Crippen molar-refractivity contribution in [3.63, 3.8) is 0 Å². The molecule has 2 aromatic heterocycles. The zero-order valence-corrected chi connectivity index (χ0v) is 16.9. The van der Waals surface area contributed by atoms with Crippen molar-refractivity contribution >= 4 is 22.8 Å². The van der Waals surface area contributed by atoms with E-state index in [1.165, 1.54) is 0 Å². The Morgan fingerprint density at radius 2 is 1.86 bits per heavy atom. The number of aromatic nitrogens is 4. The summed E-state index contributed by atoms with van der Waals surface area (Å²) in [6, 6.07) is 10.3. The standard InChI is InChI=1S/C22H28N6O/c1-13(2)17-9-21(26-22(23)25-17)27-10-14-7-19(20(29)8-15(14)11-27)28-12-24-16-5-3-4-6-18(16)28/h3-6,9,12-15,19-20,29H,7-8,10-11H2,1-2H3,(H2,23,25,26)/t14-,15+,19-,20-/m1/s1. The molecule has 1 aliphatic carbocycles. The van der Waals surface area contributed by atoms with Crippen LogP contribution >= 0.6 is 0 Å². The molecule has 1 aromatic carbocycles. The van der Waals surface area contributed by atoms with E-state index >= 15 is 0 Å². The number of aliphatic hydroxyl groups excluding tert-OH is 1. The Kier molecular flexibility index (Phi) is 4.42. The number of aliphatic hydroxyl groups is 1. The average Bonchev–Trinajstić information content (AvgIpc) is 3.30. The van der Waals surface area contributed by atoms with Crippen molar-refractivity contribution in [1.82, 2.24) is 19.5 Å². The van der Waals surface area contributed by atoms with Crippen molar-refractivity contribution in [2.24, 2.45) is 11.8 Å². The average molecular weight is 393 g/mol. The van der Waals surface area contributed by atoms with Gasteiger partial charge in [0.05, 0.1) is 35.2 Å². The Hall–Kier alpha value is -2.67. The molecule has 3 N–H and O–H groups in total. The number of anilines is 2. The zero-order valence-electron chi connectivity index (χ0n) is 16.9. The second-order valence-electron chi connectivity index (χ2n) is 8.84. The van der Waals surface area contributed by atoms with Crippen LogP contribution in [0.3, 0.4) is 0 Å². The highest BCUT2D eigenvalue weighted by Gasteiger charge is 2.43. The summed E-state index contributed by atoms with van der Waals surface area (Å²) < 4.78 is 2.17. The maximum atomic E-state index is 11.0. The minimum absolute atomic E-state index is 0.0605. The Morgan fingerprint density at radius 3 is 2.66 bits per heavy atom. The van der Waals surface area contributed by atoms with Crippen LogP contribution in [0.4, 0.5) is 11.8 Å². The first-order valence-corrected chi connectivity index (χ1v) is 10.5. The molecule has 2 aliphatic rings. The van der Waals surface area contributed by atoms with Crippen molar-refractivity contribution in [3.05, 3.63) is 42.4 Å². The molecule has 3 aromatic rings. The van der Waals surface area contributed by atoms with E-state index in [1.54, 1.807) is 0 Å². The van der Waals surface area contributed by atoms with Gasteiger partial charge in [0.1, 0.15) is 5.82 Å². The maximum Gasteiger partial charge on any atom is 0.222 e. The molecule has 0 bridgehead atoms. The summed E-state index contributed by atoms with van der Waals surface area (Å²) in [5.74, 6) is 2.54. The number of hydrogen-bond donors (Lipinski definition) is 2. The first kappa shape index (κ1) is 18.4. The van der Waals surface area contributed by atoms with Crippen LogP contribution in [0.15, 0.2) is 36.7 Å². The van der Waals surface area contributed by atoms with Crippen LogP contribution in [-0.2, 0) is 0 Å². The molecular weight excluding hydrogens is 364 g/mol. The molecule has 0 unspecified atom stereocenters. The van der Waals surface area contributed by atoms with Crippen LogP contribution in [0.2, 0.25) is 0 Å². The highest BCUT2D eigenvalue weighted by molar-refractivity contribution is 5.75. The minimum Gasteiger partial charge on any atom is -0.391 e. The molecule has 7 nitrogen and oxygen atoms in total. The van der Waals surface area contributed by atoms with Crippen LogP contribution in [0.1, 0.15) is 44.3 Å². The molecule has 152 valence electrons. The molecule has 0 radical (unpaired) electrons. The molecule has 2 fully saturated rings. The Morgan fingerprint density at radius 1 is 1.10 bits per heavy atom. The van der Waals surface area contributed by atoms with Crippen molar-refractivity contribution < 1.29 is 5.11 Å². The van der Waals surface area contributed by atoms with E-state index in [-0.39, 0.29) is 12.1 Å². The summed E-state index contributed by atoms with van der Waals surface area (Å²) >= 11 is 0. The Labute approximate surface area is 170 Å². The van der Waals surface area contributed by atoms with E-state index in [1.807, 2.05) is 24.5 Å². The van der Waals surface area contributed by atoms with E-state index in [9.17, 15) is 5.11 Å². The first-order valence-electron chi connectivity index (χ1n) is 10.5. The van der Waals surface area contributed by atoms with E-state index in [0.29, 0.717) is 23.7 Å². The number of imidazole rings is 1. The quantitative estimate of drug-likeness (QED) is 0.712.